The number of amides is 1. The van der Waals surface area contributed by atoms with Gasteiger partial charge in [0.05, 0.1) is 5.92 Å². The van der Waals surface area contributed by atoms with Crippen LogP contribution in [-0.2, 0) is 14.8 Å². The molecule has 140 valence electrons. The average Bonchev–Trinajstić information content (AvgIpc) is 2.89. The van der Waals surface area contributed by atoms with Crippen molar-refractivity contribution in [1.82, 2.24) is 10.3 Å². The Kier molecular flexibility index (Phi) is 6.31. The smallest absolute Gasteiger partial charge is 0.351 e. The number of aromatic nitrogens is 1. The molecule has 1 aliphatic heterocycles. The van der Waals surface area contributed by atoms with E-state index in [4.69, 9.17) is 0 Å². The highest BCUT2D eigenvalue weighted by Gasteiger charge is 2.51. The Hall–Kier alpha value is -1.35. The molecule has 1 amide bonds. The number of carbonyl (C=O) groups excluding carboxylic acids is 1. The molecule has 8 heteroatoms. The maximum atomic E-state index is 13.8. The van der Waals surface area contributed by atoms with Crippen molar-refractivity contribution in [2.75, 3.05) is 13.1 Å². The molecule has 0 aliphatic carbocycles. The van der Waals surface area contributed by atoms with Crippen LogP contribution in [0.15, 0.2) is 29.4 Å². The lowest BCUT2D eigenvalue weighted by molar-refractivity contribution is -0.707. The highest BCUT2D eigenvalue weighted by molar-refractivity contribution is 7.86. The van der Waals surface area contributed by atoms with Crippen molar-refractivity contribution in [1.29, 1.82) is 0 Å². The van der Waals surface area contributed by atoms with Gasteiger partial charge in [-0.25, -0.2) is 9.78 Å². The molecule has 0 aromatic carbocycles. The van der Waals surface area contributed by atoms with Crippen molar-refractivity contribution in [2.45, 2.75) is 51.1 Å². The Balaban J connectivity index is 2.57. The van der Waals surface area contributed by atoms with Crippen LogP contribution in [0.2, 0.25) is 0 Å². The zero-order chi connectivity index (χ0) is 18.7. The standard InChI is InChI=1S/C17H27N3O4S/c1-13(2)14(3)17(21)20(22,15-7-6-10-18-12-9-15)25(23,24)16-8-4-5-11-19-16/h4-5,8,11,13-15,18H,6-7,9-10,12H2,1-3H3. The Morgan fingerprint density at radius 2 is 2.00 bits per heavy atom. The molecule has 2 heterocycles. The summed E-state index contributed by atoms with van der Waals surface area (Å²) < 4.78 is 24.5. The largest absolute Gasteiger partial charge is 0.608 e. The Morgan fingerprint density at radius 1 is 1.28 bits per heavy atom. The minimum atomic E-state index is -4.50. The molecule has 1 aliphatic rings. The average molecular weight is 369 g/mol. The maximum Gasteiger partial charge on any atom is 0.351 e. The first-order valence-electron chi connectivity index (χ1n) is 8.74. The SMILES string of the molecule is CC(C)C(C)C(=O)[N+]([O-])(C1CCCNCC1)S(=O)(=O)c1ccccn1. The quantitative estimate of drug-likeness (QED) is 0.630. The van der Waals surface area contributed by atoms with Crippen LogP contribution in [-0.4, -0.2) is 42.5 Å². The monoisotopic (exact) mass is 369 g/mol. The third kappa shape index (κ3) is 3.76. The highest BCUT2D eigenvalue weighted by atomic mass is 32.2. The van der Waals surface area contributed by atoms with Crippen LogP contribution >= 0.6 is 0 Å². The van der Waals surface area contributed by atoms with Gasteiger partial charge in [0, 0.05) is 25.6 Å². The number of sulfonamides is 1. The van der Waals surface area contributed by atoms with E-state index >= 15 is 0 Å². The van der Waals surface area contributed by atoms with Crippen molar-refractivity contribution in [3.05, 3.63) is 29.6 Å². The summed E-state index contributed by atoms with van der Waals surface area (Å²) in [6.45, 7) is 6.49. The predicted octanol–water partition coefficient (Wildman–Crippen LogP) is 2.05. The van der Waals surface area contributed by atoms with E-state index < -0.39 is 31.9 Å². The van der Waals surface area contributed by atoms with Gasteiger partial charge in [0.2, 0.25) is 5.03 Å². The summed E-state index contributed by atoms with van der Waals surface area (Å²) in [6, 6.07) is 3.54. The van der Waals surface area contributed by atoms with Crippen LogP contribution in [0, 0.1) is 17.0 Å². The summed E-state index contributed by atoms with van der Waals surface area (Å²) in [5.41, 5.74) is 0. The van der Waals surface area contributed by atoms with Crippen LogP contribution in [0.5, 0.6) is 0 Å². The van der Waals surface area contributed by atoms with Crippen molar-refractivity contribution in [3.8, 4) is 0 Å². The molecule has 2 rings (SSSR count). The van der Waals surface area contributed by atoms with Gasteiger partial charge in [-0.2, -0.15) is 12.5 Å². The van der Waals surface area contributed by atoms with E-state index in [1.165, 1.54) is 18.3 Å². The molecule has 0 bridgehead atoms. The molecule has 7 nitrogen and oxygen atoms in total. The van der Waals surface area contributed by atoms with E-state index in [1.807, 2.05) is 13.8 Å². The molecule has 1 aromatic heterocycles. The number of hydrogen-bond donors (Lipinski definition) is 1. The molecule has 0 radical (unpaired) electrons. The van der Waals surface area contributed by atoms with Crippen LogP contribution in [0.4, 0.5) is 0 Å². The topological polar surface area (TPSA) is 99.2 Å². The molecule has 1 aromatic rings. The van der Waals surface area contributed by atoms with E-state index in [1.54, 1.807) is 13.0 Å². The van der Waals surface area contributed by atoms with Crippen molar-refractivity contribution >= 4 is 15.9 Å². The van der Waals surface area contributed by atoms with E-state index in [-0.39, 0.29) is 10.9 Å². The summed E-state index contributed by atoms with van der Waals surface area (Å²) in [4.78, 5) is 16.9. The number of pyridine rings is 1. The number of carbonyl (C=O) groups is 1. The van der Waals surface area contributed by atoms with Gasteiger partial charge >= 0.3 is 15.9 Å². The summed E-state index contributed by atoms with van der Waals surface area (Å²) in [5.74, 6) is -1.58. The zero-order valence-corrected chi connectivity index (χ0v) is 15.8. The molecule has 1 saturated heterocycles. The molecule has 25 heavy (non-hydrogen) atoms. The minimum Gasteiger partial charge on any atom is -0.608 e. The zero-order valence-electron chi connectivity index (χ0n) is 15.0. The predicted molar refractivity (Wildman–Crippen MR) is 94.6 cm³/mol. The Morgan fingerprint density at radius 3 is 2.60 bits per heavy atom. The summed E-state index contributed by atoms with van der Waals surface area (Å²) in [7, 11) is -4.50. The minimum absolute atomic E-state index is 0.123. The molecule has 1 N–H and O–H groups in total. The Bertz CT molecular complexity index is 685. The summed E-state index contributed by atoms with van der Waals surface area (Å²) >= 11 is 0. The first kappa shape index (κ1) is 20.0. The second-order valence-electron chi connectivity index (χ2n) is 6.95. The lowest BCUT2D eigenvalue weighted by atomic mass is 9.96. The van der Waals surface area contributed by atoms with E-state index in [0.717, 1.165) is 0 Å². The van der Waals surface area contributed by atoms with E-state index in [2.05, 4.69) is 10.3 Å². The van der Waals surface area contributed by atoms with Crippen molar-refractivity contribution < 1.29 is 17.3 Å². The molecular formula is C17H27N3O4S. The number of nitrogens with zero attached hydrogens (tertiary/aromatic N) is 2. The van der Waals surface area contributed by atoms with Gasteiger partial charge in [0.1, 0.15) is 6.04 Å². The lowest BCUT2D eigenvalue weighted by Gasteiger charge is -2.44. The summed E-state index contributed by atoms with van der Waals surface area (Å²) in [6.07, 6.45) is 2.71. The van der Waals surface area contributed by atoms with E-state index in [9.17, 15) is 18.4 Å². The van der Waals surface area contributed by atoms with Crippen LogP contribution < -0.4 is 5.32 Å². The van der Waals surface area contributed by atoms with Gasteiger partial charge < -0.3 is 10.5 Å². The number of nitrogens with one attached hydrogen (secondary N) is 1. The Labute approximate surface area is 149 Å². The van der Waals surface area contributed by atoms with Gasteiger partial charge in [0.15, 0.2) is 0 Å². The second-order valence-corrected chi connectivity index (χ2v) is 8.86. The number of hydrogen-bond acceptors (Lipinski definition) is 6. The van der Waals surface area contributed by atoms with Crippen molar-refractivity contribution in [3.63, 3.8) is 0 Å². The van der Waals surface area contributed by atoms with E-state index in [0.29, 0.717) is 32.4 Å². The first-order valence-corrected chi connectivity index (χ1v) is 10.2. The number of hydroxylamine groups is 2. The molecule has 3 atom stereocenters. The third-order valence-corrected chi connectivity index (χ3v) is 6.94. The number of rotatable bonds is 5. The van der Waals surface area contributed by atoms with Gasteiger partial charge in [-0.15, -0.1) is 0 Å². The highest BCUT2D eigenvalue weighted by Crippen LogP contribution is 2.34. The van der Waals surface area contributed by atoms with Crippen LogP contribution in [0.1, 0.15) is 40.0 Å². The first-order chi connectivity index (χ1) is 11.7. The van der Waals surface area contributed by atoms with Crippen molar-refractivity contribution in [2.24, 2.45) is 11.8 Å². The molecule has 3 unspecified atom stereocenters. The van der Waals surface area contributed by atoms with Crippen LogP contribution in [0.25, 0.3) is 0 Å². The lowest BCUT2D eigenvalue weighted by Crippen LogP contribution is -2.61. The number of quaternary nitrogens is 1. The molecule has 0 spiro atoms. The fourth-order valence-corrected chi connectivity index (χ4v) is 4.77. The summed E-state index contributed by atoms with van der Waals surface area (Å²) in [5, 5.41) is 16.6. The second kappa shape index (κ2) is 7.90. The van der Waals surface area contributed by atoms with Gasteiger partial charge in [-0.1, -0.05) is 19.9 Å². The fourth-order valence-electron chi connectivity index (χ4n) is 3.04. The molecule has 1 fully saturated rings. The maximum absolute atomic E-state index is 13.8. The normalized spacial score (nSPS) is 22.8. The van der Waals surface area contributed by atoms with Crippen LogP contribution in [0.3, 0.4) is 0 Å². The van der Waals surface area contributed by atoms with Gasteiger partial charge in [-0.3, -0.25) is 0 Å². The van der Waals surface area contributed by atoms with Gasteiger partial charge in [0.25, 0.3) is 0 Å². The molecule has 0 saturated carbocycles. The van der Waals surface area contributed by atoms with Gasteiger partial charge in [-0.05, 0) is 37.9 Å². The third-order valence-electron chi connectivity index (χ3n) is 4.98. The fraction of sp³-hybridized carbons (Fsp3) is 0.647. The molecular weight excluding hydrogens is 342 g/mol.